The van der Waals surface area contributed by atoms with Crippen molar-refractivity contribution in [3.63, 3.8) is 0 Å². The van der Waals surface area contributed by atoms with Gasteiger partial charge in [0.25, 0.3) is 37.6 Å². The molecule has 0 bridgehead atoms. The number of carbonyl (C=O) groups is 5. The van der Waals surface area contributed by atoms with Crippen molar-refractivity contribution in [3.05, 3.63) is 148 Å². The van der Waals surface area contributed by atoms with Gasteiger partial charge in [0.2, 0.25) is 11.8 Å². The highest BCUT2D eigenvalue weighted by Crippen LogP contribution is 2.44. The van der Waals surface area contributed by atoms with Crippen molar-refractivity contribution in [2.75, 3.05) is 113 Å². The molecule has 4 heterocycles. The number of unbranched alkanes of at least 4 members (excludes halogenated alkanes) is 4. The van der Waals surface area contributed by atoms with Crippen LogP contribution in [0.4, 0.5) is 30.2 Å². The highest BCUT2D eigenvalue weighted by molar-refractivity contribution is 7.99. The Kier molecular flexibility index (Phi) is 26.6. The number of rotatable bonds is 36. The molecule has 548 valence electrons. The van der Waals surface area contributed by atoms with Crippen molar-refractivity contribution in [2.45, 2.75) is 129 Å². The molecular weight excluding hydrogens is 1400 g/mol. The number of fused-ring (bicyclic) bond motifs is 1. The van der Waals surface area contributed by atoms with Gasteiger partial charge in [0.15, 0.2) is 12.0 Å². The fraction of sp³-hybridized carbons (Fsp3) is 0.472. The van der Waals surface area contributed by atoms with Gasteiger partial charge in [-0.1, -0.05) is 86.7 Å². The van der Waals surface area contributed by atoms with Gasteiger partial charge in [0.05, 0.1) is 48.1 Å². The lowest BCUT2D eigenvalue weighted by Crippen LogP contribution is -2.54. The molecule has 5 aromatic carbocycles. The minimum Gasteiger partial charge on any atom is -0.395 e. The zero-order valence-corrected chi connectivity index (χ0v) is 60.3. The highest BCUT2D eigenvalue weighted by atomic mass is 35.5. The topological polar surface area (TPSA) is 290 Å². The van der Waals surface area contributed by atoms with Crippen LogP contribution in [0.5, 0.6) is 0 Å². The molecule has 23 nitrogen and oxygen atoms in total. The first-order valence-electron chi connectivity index (χ1n) is 34.4. The summed E-state index contributed by atoms with van der Waals surface area (Å²) in [4.78, 5) is 75.0. The lowest BCUT2D eigenvalue weighted by molar-refractivity contribution is -0.136. The van der Waals surface area contributed by atoms with E-state index in [0.29, 0.717) is 74.7 Å². The molecule has 10 rings (SSSR count). The fourth-order valence-corrected chi connectivity index (χ4v) is 16.3. The number of anilines is 3. The number of aliphatic hydroxyl groups excluding tert-OH is 1. The Hall–Kier alpha value is -7.61. The number of imide groups is 2. The Morgan fingerprint density at radius 3 is 2.29 bits per heavy atom. The second-order valence-electron chi connectivity index (χ2n) is 26.7. The predicted molar refractivity (Wildman–Crippen MR) is 385 cm³/mol. The molecule has 2 fully saturated rings. The highest BCUT2D eigenvalue weighted by Gasteiger charge is 2.49. The number of aliphatic hydroxyl groups is 1. The molecule has 5 amide bonds. The molecule has 5 aromatic rings. The monoisotopic (exact) mass is 1490 g/mol. The number of carbonyl (C=O) groups excluding carboxylic acids is 5. The molecule has 0 aromatic heterocycles. The third kappa shape index (κ3) is 20.4. The quantitative estimate of drug-likeness (QED) is 0.0141. The number of hydrogen-bond acceptors (Lipinski definition) is 21. The van der Waals surface area contributed by atoms with Gasteiger partial charge in [0.1, 0.15) is 17.5 Å². The van der Waals surface area contributed by atoms with Crippen LogP contribution < -0.4 is 25.6 Å². The summed E-state index contributed by atoms with van der Waals surface area (Å²) in [6.07, 6.45) is 8.14. The van der Waals surface area contributed by atoms with Crippen LogP contribution in [0, 0.1) is 5.41 Å². The normalized spacial score (nSPS) is 18.4. The lowest BCUT2D eigenvalue weighted by atomic mass is 9.73. The Morgan fingerprint density at radius 2 is 1.56 bits per heavy atom. The Balaban J connectivity index is 0.656. The van der Waals surface area contributed by atoms with E-state index in [1.165, 1.54) is 46.7 Å². The van der Waals surface area contributed by atoms with Gasteiger partial charge < -0.3 is 35.0 Å². The zero-order chi connectivity index (χ0) is 72.6. The number of thioether (sulfide) groups is 1. The third-order valence-electron chi connectivity index (χ3n) is 18.7. The predicted octanol–water partition coefficient (Wildman–Crippen LogP) is 10.9. The first kappa shape index (κ1) is 77.0. The van der Waals surface area contributed by atoms with Crippen LogP contribution in [0.3, 0.4) is 0 Å². The van der Waals surface area contributed by atoms with E-state index in [9.17, 15) is 59.1 Å². The molecule has 0 spiro atoms. The number of ether oxygens (including phenoxy) is 2. The number of hydrogen-bond donors (Lipinski definition) is 5. The Labute approximate surface area is 602 Å². The second kappa shape index (κ2) is 35.2. The number of piperazine rings is 1. The van der Waals surface area contributed by atoms with E-state index in [0.717, 1.165) is 98.6 Å². The number of sulfone groups is 1. The van der Waals surface area contributed by atoms with E-state index >= 15 is 0 Å². The van der Waals surface area contributed by atoms with E-state index in [2.05, 4.69) is 67.0 Å². The van der Waals surface area contributed by atoms with Crippen LogP contribution in [0.15, 0.2) is 151 Å². The first-order valence-corrected chi connectivity index (χ1v) is 38.8. The van der Waals surface area contributed by atoms with Crippen molar-refractivity contribution in [1.29, 1.82) is 0 Å². The van der Waals surface area contributed by atoms with Gasteiger partial charge in [-0.05, 0) is 153 Å². The molecule has 2 unspecified atom stereocenters. The lowest BCUT2D eigenvalue weighted by Gasteiger charge is -2.39. The van der Waals surface area contributed by atoms with Crippen LogP contribution >= 0.6 is 23.4 Å². The smallest absolute Gasteiger partial charge is 0.395 e. The number of amidine groups is 1. The molecule has 5 aliphatic rings. The summed E-state index contributed by atoms with van der Waals surface area (Å²) in [7, 11) is -11.1. The van der Waals surface area contributed by atoms with E-state index in [1.54, 1.807) is 24.3 Å². The van der Waals surface area contributed by atoms with E-state index in [4.69, 9.17) is 21.1 Å². The number of amides is 5. The molecule has 3 atom stereocenters. The average Bonchev–Trinajstić information content (AvgIpc) is 1.72. The maximum absolute atomic E-state index is 14.6. The Bertz CT molecular complexity index is 4130. The first-order chi connectivity index (χ1) is 48.9. The molecule has 0 saturated carbocycles. The van der Waals surface area contributed by atoms with Gasteiger partial charge in [-0.15, -0.1) is 16.9 Å². The number of azo groups is 1. The van der Waals surface area contributed by atoms with Crippen LogP contribution in [-0.2, 0) is 38.9 Å². The standard InChI is InChI=1S/C72H87ClF3N11O12S3/c1-71(2)31-29-57(49-17-21-52(73)22-18-49)51(45-71)46-85-35-37-86(38-36-85)54-23-19-50(20-24-54)67(90)83-102(96,97)56-25-26-59(62(44-56)101(94,95)72(74,75)76)78-53(48-100-55-12-7-6-8-13-55)30-34-84(39-40-88)33-10-5-3-4-9-16-63-79-64(82-81-63)47-99-43-42-98-41-32-77-60-15-11-14-58-66(60)70(93)87(69(58)92)61-27-28-65(89)80-68(61)91/h6-8,11-15,17-26,44,53,61,63,77-78,88H,3-5,9-10,16,27-43,45-48H2,1-2H3,(H,83,90)(H,80,89,91)/t53-,61?,63?/m1/s1. The molecule has 2 saturated heterocycles. The van der Waals surface area contributed by atoms with Gasteiger partial charge in [-0.2, -0.15) is 18.3 Å². The van der Waals surface area contributed by atoms with Crippen LogP contribution in [0.1, 0.15) is 128 Å². The third-order valence-corrected chi connectivity index (χ3v) is 22.9. The van der Waals surface area contributed by atoms with E-state index in [-0.39, 0.29) is 79.9 Å². The number of nitrogens with zero attached hydrogens (tertiary/aromatic N) is 7. The summed E-state index contributed by atoms with van der Waals surface area (Å²) in [6, 6.07) is 29.1. The Morgan fingerprint density at radius 1 is 0.824 bits per heavy atom. The molecule has 0 radical (unpaired) electrons. The second-order valence-corrected chi connectivity index (χ2v) is 31.8. The van der Waals surface area contributed by atoms with Crippen molar-refractivity contribution < 1.29 is 68.6 Å². The maximum atomic E-state index is 14.6. The largest absolute Gasteiger partial charge is 0.501 e. The maximum Gasteiger partial charge on any atom is 0.501 e. The number of sulfonamides is 1. The minimum atomic E-state index is -6.17. The number of alkyl halides is 3. The molecule has 4 aliphatic heterocycles. The number of halogens is 4. The molecule has 1 aliphatic carbocycles. The fourth-order valence-electron chi connectivity index (χ4n) is 13.2. The van der Waals surface area contributed by atoms with Crippen LogP contribution in [-0.4, -0.2) is 193 Å². The minimum absolute atomic E-state index is 0.0248. The van der Waals surface area contributed by atoms with Gasteiger partial charge in [0, 0.05) is 97.4 Å². The summed E-state index contributed by atoms with van der Waals surface area (Å²) < 4.78 is 112. The van der Waals surface area contributed by atoms with Gasteiger partial charge in [-0.25, -0.2) is 26.6 Å². The van der Waals surface area contributed by atoms with Gasteiger partial charge in [-0.3, -0.25) is 39.1 Å². The summed E-state index contributed by atoms with van der Waals surface area (Å²) >= 11 is 7.62. The van der Waals surface area contributed by atoms with E-state index in [1.807, 2.05) is 52.1 Å². The zero-order valence-electron chi connectivity index (χ0n) is 57.1. The van der Waals surface area contributed by atoms with Crippen molar-refractivity contribution in [1.82, 2.24) is 24.7 Å². The summed E-state index contributed by atoms with van der Waals surface area (Å²) in [5, 5.41) is 27.6. The van der Waals surface area contributed by atoms with E-state index < -0.39 is 82.5 Å². The van der Waals surface area contributed by atoms with Crippen molar-refractivity contribution in [3.8, 4) is 0 Å². The summed E-state index contributed by atoms with van der Waals surface area (Å²) in [5.41, 5.74) is -0.560. The number of nitrogens with one attached hydrogen (secondary N) is 4. The number of benzene rings is 5. The van der Waals surface area contributed by atoms with Crippen LogP contribution in [0.25, 0.3) is 5.57 Å². The number of allylic oxidation sites excluding steroid dienone is 1. The van der Waals surface area contributed by atoms with Crippen molar-refractivity contribution >= 4 is 101 Å². The summed E-state index contributed by atoms with van der Waals surface area (Å²) in [5.74, 6) is -2.65. The SMILES string of the molecule is CC1(C)CCC(c2ccc(Cl)cc2)=C(CN2CCN(c3ccc(C(=O)NS(=O)(=O)c4ccc(N[C@H](CCN(CCO)CCCCCCCC5N=NC(COCCOCCNc6cccc7c6C(=O)N(C6CCC(=O)NC6=O)C7=O)=N5)CSc5ccccc5)c(S(=O)(=O)C(F)(F)F)c4)cc3)CC2)C1. The molecule has 30 heteroatoms. The number of aliphatic imine (C=N–C) groups is 1. The average molecular weight is 1490 g/mol. The van der Waals surface area contributed by atoms with Gasteiger partial charge >= 0.3 is 5.51 Å². The number of piperidine rings is 1. The molecule has 102 heavy (non-hydrogen) atoms. The molecular formula is C72H87ClF3N11O12S3. The van der Waals surface area contributed by atoms with Crippen molar-refractivity contribution in [2.24, 2.45) is 20.6 Å². The summed E-state index contributed by atoms with van der Waals surface area (Å²) in [6.45, 7) is 10.8. The molecule has 5 N–H and O–H groups in total. The van der Waals surface area contributed by atoms with Crippen LogP contribution in [0.2, 0.25) is 5.02 Å².